The van der Waals surface area contributed by atoms with Crippen LogP contribution in [0.25, 0.3) is 0 Å². The van der Waals surface area contributed by atoms with Crippen LogP contribution in [0.4, 0.5) is 0 Å². The van der Waals surface area contributed by atoms with Gasteiger partial charge >= 0.3 is 0 Å². The number of nitrogens with zero attached hydrogens (tertiary/aromatic N) is 3. The van der Waals surface area contributed by atoms with E-state index in [1.165, 1.54) is 32.5 Å². The van der Waals surface area contributed by atoms with Crippen LogP contribution < -0.4 is 0 Å². The van der Waals surface area contributed by atoms with Gasteiger partial charge in [0.05, 0.1) is 12.7 Å². The molecule has 0 aromatic carbocycles. The third kappa shape index (κ3) is 2.77. The third-order valence-corrected chi connectivity index (χ3v) is 4.89. The molecule has 1 aromatic heterocycles. The van der Waals surface area contributed by atoms with Crippen LogP contribution in [0.5, 0.6) is 0 Å². The highest BCUT2D eigenvalue weighted by molar-refractivity contribution is 4.97. The van der Waals surface area contributed by atoms with Gasteiger partial charge in [0.25, 0.3) is 0 Å². The van der Waals surface area contributed by atoms with Crippen molar-refractivity contribution in [2.24, 2.45) is 5.92 Å². The summed E-state index contributed by atoms with van der Waals surface area (Å²) < 4.78 is 5.81. The summed E-state index contributed by atoms with van der Waals surface area (Å²) >= 11 is 0. The molecule has 0 aliphatic carbocycles. The monoisotopic (exact) mass is 277 g/mol. The molecule has 0 bridgehead atoms. The minimum Gasteiger partial charge on any atom is -0.444 e. The normalized spacial score (nSPS) is 28.2. The van der Waals surface area contributed by atoms with Crippen molar-refractivity contribution in [3.05, 3.63) is 17.8 Å². The predicted molar refractivity (Wildman–Crippen MR) is 79.5 cm³/mol. The molecule has 1 aromatic rings. The van der Waals surface area contributed by atoms with E-state index in [-0.39, 0.29) is 0 Å². The van der Waals surface area contributed by atoms with Gasteiger partial charge < -0.3 is 4.42 Å². The lowest BCUT2D eigenvalue weighted by Gasteiger charge is -2.45. The topological polar surface area (TPSA) is 32.5 Å². The first-order chi connectivity index (χ1) is 9.67. The molecule has 4 heteroatoms. The van der Waals surface area contributed by atoms with Gasteiger partial charge in [-0.25, -0.2) is 4.98 Å². The number of piperazine rings is 1. The van der Waals surface area contributed by atoms with E-state index in [1.807, 2.05) is 6.20 Å². The molecule has 4 nitrogen and oxygen atoms in total. The molecule has 0 spiro atoms. The van der Waals surface area contributed by atoms with E-state index in [9.17, 15) is 0 Å². The zero-order chi connectivity index (χ0) is 14.1. The Kier molecular flexibility index (Phi) is 4.13. The summed E-state index contributed by atoms with van der Waals surface area (Å²) in [5.41, 5.74) is 0. The average molecular weight is 277 g/mol. The number of hydrogen-bond acceptors (Lipinski definition) is 4. The van der Waals surface area contributed by atoms with Gasteiger partial charge in [-0.05, 0) is 25.3 Å². The lowest BCUT2D eigenvalue weighted by molar-refractivity contribution is 0.0187. The van der Waals surface area contributed by atoms with Gasteiger partial charge in [0, 0.05) is 31.6 Å². The fraction of sp³-hybridized carbons (Fsp3) is 0.812. The number of aromatic nitrogens is 1. The van der Waals surface area contributed by atoms with E-state index >= 15 is 0 Å². The molecule has 2 fully saturated rings. The Morgan fingerprint density at radius 3 is 2.95 bits per heavy atom. The molecule has 3 heterocycles. The number of aryl methyl sites for hydroxylation is 1. The standard InChI is InChI=1S/C16H27N3O/c1-4-14-8-17-16(20-14)11-19-9-13-6-5-7-18(13)10-15(19)12(2)3/h8,12-13,15H,4-7,9-11H2,1-3H3. The number of hydrogen-bond donors (Lipinski definition) is 0. The van der Waals surface area contributed by atoms with Gasteiger partial charge in [0.2, 0.25) is 5.89 Å². The number of oxazole rings is 1. The lowest BCUT2D eigenvalue weighted by Crippen LogP contribution is -2.57. The fourth-order valence-corrected chi connectivity index (χ4v) is 3.68. The fourth-order valence-electron chi connectivity index (χ4n) is 3.68. The highest BCUT2D eigenvalue weighted by Crippen LogP contribution is 2.28. The molecule has 3 rings (SSSR count). The maximum absolute atomic E-state index is 5.81. The van der Waals surface area contributed by atoms with Crippen LogP contribution in [0.3, 0.4) is 0 Å². The smallest absolute Gasteiger partial charge is 0.208 e. The Balaban J connectivity index is 1.71. The summed E-state index contributed by atoms with van der Waals surface area (Å²) in [5, 5.41) is 0. The molecule has 0 radical (unpaired) electrons. The molecular weight excluding hydrogens is 250 g/mol. The van der Waals surface area contributed by atoms with Crippen LogP contribution in [0, 0.1) is 5.92 Å². The van der Waals surface area contributed by atoms with E-state index in [1.54, 1.807) is 0 Å². The molecule has 112 valence electrons. The zero-order valence-corrected chi connectivity index (χ0v) is 13.0. The first-order valence-corrected chi connectivity index (χ1v) is 8.09. The van der Waals surface area contributed by atoms with Crippen LogP contribution in [-0.4, -0.2) is 46.5 Å². The minimum atomic E-state index is 0.626. The second-order valence-corrected chi connectivity index (χ2v) is 6.61. The quantitative estimate of drug-likeness (QED) is 0.846. The van der Waals surface area contributed by atoms with E-state index in [2.05, 4.69) is 35.6 Å². The summed E-state index contributed by atoms with van der Waals surface area (Å²) in [6, 6.07) is 1.38. The molecular formula is C16H27N3O. The molecule has 0 amide bonds. The van der Waals surface area contributed by atoms with E-state index in [0.717, 1.165) is 30.7 Å². The average Bonchev–Trinajstić information content (AvgIpc) is 3.05. The van der Waals surface area contributed by atoms with Gasteiger partial charge in [-0.3, -0.25) is 9.80 Å². The van der Waals surface area contributed by atoms with Crippen molar-refractivity contribution in [3.8, 4) is 0 Å². The van der Waals surface area contributed by atoms with Crippen molar-refractivity contribution in [1.82, 2.24) is 14.8 Å². The van der Waals surface area contributed by atoms with Gasteiger partial charge in [-0.1, -0.05) is 20.8 Å². The Morgan fingerprint density at radius 2 is 2.25 bits per heavy atom. The SMILES string of the molecule is CCc1cnc(CN2CC3CCCN3CC2C(C)C)o1. The van der Waals surface area contributed by atoms with Crippen molar-refractivity contribution in [2.75, 3.05) is 19.6 Å². The molecule has 2 unspecified atom stereocenters. The lowest BCUT2D eigenvalue weighted by atomic mass is 9.97. The molecule has 2 aliphatic heterocycles. The van der Waals surface area contributed by atoms with E-state index in [0.29, 0.717) is 12.0 Å². The Bertz CT molecular complexity index is 443. The summed E-state index contributed by atoms with van der Waals surface area (Å²) in [6.07, 6.45) is 5.53. The second-order valence-electron chi connectivity index (χ2n) is 6.61. The Labute approximate surface area is 122 Å². The summed E-state index contributed by atoms with van der Waals surface area (Å²) in [7, 11) is 0. The van der Waals surface area contributed by atoms with Gasteiger partial charge in [0.1, 0.15) is 5.76 Å². The van der Waals surface area contributed by atoms with Crippen molar-refractivity contribution in [3.63, 3.8) is 0 Å². The molecule has 0 N–H and O–H groups in total. The molecule has 20 heavy (non-hydrogen) atoms. The van der Waals surface area contributed by atoms with Crippen molar-refractivity contribution < 1.29 is 4.42 Å². The Morgan fingerprint density at radius 1 is 1.40 bits per heavy atom. The maximum atomic E-state index is 5.81. The highest BCUT2D eigenvalue weighted by Gasteiger charge is 2.37. The maximum Gasteiger partial charge on any atom is 0.208 e. The molecule has 2 aliphatic rings. The van der Waals surface area contributed by atoms with Crippen molar-refractivity contribution in [2.45, 2.75) is 58.7 Å². The largest absolute Gasteiger partial charge is 0.444 e. The van der Waals surface area contributed by atoms with Crippen LogP contribution in [0.2, 0.25) is 0 Å². The Hall–Kier alpha value is -0.870. The van der Waals surface area contributed by atoms with Gasteiger partial charge in [-0.15, -0.1) is 0 Å². The molecule has 0 saturated carbocycles. The van der Waals surface area contributed by atoms with Crippen molar-refractivity contribution in [1.29, 1.82) is 0 Å². The predicted octanol–water partition coefficient (Wildman–Crippen LogP) is 2.54. The van der Waals surface area contributed by atoms with E-state index in [4.69, 9.17) is 4.42 Å². The van der Waals surface area contributed by atoms with Crippen LogP contribution >= 0.6 is 0 Å². The second kappa shape index (κ2) is 5.86. The number of fused-ring (bicyclic) bond motifs is 1. The first kappa shape index (κ1) is 14.1. The summed E-state index contributed by atoms with van der Waals surface area (Å²) in [4.78, 5) is 9.73. The van der Waals surface area contributed by atoms with Crippen LogP contribution in [-0.2, 0) is 13.0 Å². The first-order valence-electron chi connectivity index (χ1n) is 8.09. The summed E-state index contributed by atoms with van der Waals surface area (Å²) in [5.74, 6) is 2.57. The molecule has 2 atom stereocenters. The van der Waals surface area contributed by atoms with Gasteiger partial charge in [0.15, 0.2) is 0 Å². The minimum absolute atomic E-state index is 0.626. The van der Waals surface area contributed by atoms with Crippen molar-refractivity contribution >= 4 is 0 Å². The third-order valence-electron chi connectivity index (χ3n) is 4.89. The zero-order valence-electron chi connectivity index (χ0n) is 13.0. The highest BCUT2D eigenvalue weighted by atomic mass is 16.4. The van der Waals surface area contributed by atoms with Crippen LogP contribution in [0.1, 0.15) is 45.3 Å². The number of rotatable bonds is 4. The molecule has 2 saturated heterocycles. The van der Waals surface area contributed by atoms with Gasteiger partial charge in [-0.2, -0.15) is 0 Å². The van der Waals surface area contributed by atoms with E-state index < -0.39 is 0 Å². The van der Waals surface area contributed by atoms with Crippen LogP contribution in [0.15, 0.2) is 10.6 Å². The summed E-state index contributed by atoms with van der Waals surface area (Å²) in [6.45, 7) is 11.3.